The maximum atomic E-state index is 11.2. The number of nitrogens with one attached hydrogen (secondary N) is 1. The Morgan fingerprint density at radius 3 is 2.47 bits per heavy atom. The summed E-state index contributed by atoms with van der Waals surface area (Å²) in [6.45, 7) is 0. The van der Waals surface area contributed by atoms with E-state index >= 15 is 0 Å². The predicted molar refractivity (Wildman–Crippen MR) is 84.5 cm³/mol. The summed E-state index contributed by atoms with van der Waals surface area (Å²) < 4.78 is 1.84. The molecule has 4 nitrogen and oxygen atoms in total. The quantitative estimate of drug-likeness (QED) is 0.706. The number of nitrogens with two attached hydrogens (primary N) is 2. The number of hydrogen-bond acceptors (Lipinski definition) is 3. The molecule has 0 aliphatic heterocycles. The molecule has 1 amide bonds. The Morgan fingerprint density at radius 2 is 1.84 bits per heavy atom. The van der Waals surface area contributed by atoms with Gasteiger partial charge in [-0.25, -0.2) is 0 Å². The highest BCUT2D eigenvalue weighted by Gasteiger charge is 2.10. The molecule has 2 aromatic carbocycles. The number of carbonyl (C=O) groups excluding carboxylic acids is 1. The predicted octanol–water partition coefficient (Wildman–Crippen LogP) is 3.64. The van der Waals surface area contributed by atoms with E-state index in [2.05, 4.69) is 37.2 Å². The molecule has 19 heavy (non-hydrogen) atoms. The average Bonchev–Trinajstić information content (AvgIpc) is 2.34. The van der Waals surface area contributed by atoms with Crippen LogP contribution >= 0.6 is 31.9 Å². The first-order chi connectivity index (χ1) is 8.99. The summed E-state index contributed by atoms with van der Waals surface area (Å²) >= 11 is 6.83. The molecule has 2 rings (SSSR count). The van der Waals surface area contributed by atoms with Gasteiger partial charge in [0.25, 0.3) is 5.91 Å². The summed E-state index contributed by atoms with van der Waals surface area (Å²) in [5.41, 5.74) is 13.3. The zero-order chi connectivity index (χ0) is 14.0. The van der Waals surface area contributed by atoms with Gasteiger partial charge in [0.15, 0.2) is 0 Å². The van der Waals surface area contributed by atoms with Crippen LogP contribution in [0, 0.1) is 0 Å². The van der Waals surface area contributed by atoms with Crippen molar-refractivity contribution in [1.82, 2.24) is 0 Å². The van der Waals surface area contributed by atoms with Crippen LogP contribution in [0.1, 0.15) is 10.4 Å². The standard InChI is InChI=1S/C13H11Br2N3O/c14-7-4-5-10(9(15)6-7)18-11-3-1-2-8(12(11)16)13(17)19/h1-6,18H,16H2,(H2,17,19). The third-order valence-electron chi connectivity index (χ3n) is 2.57. The van der Waals surface area contributed by atoms with Crippen molar-refractivity contribution >= 4 is 54.8 Å². The third-order valence-corrected chi connectivity index (χ3v) is 3.72. The van der Waals surface area contributed by atoms with Gasteiger partial charge in [0.2, 0.25) is 0 Å². The van der Waals surface area contributed by atoms with Crippen molar-refractivity contribution in [2.45, 2.75) is 0 Å². The third kappa shape index (κ3) is 3.08. The number of para-hydroxylation sites is 1. The summed E-state index contributed by atoms with van der Waals surface area (Å²) in [4.78, 5) is 11.2. The van der Waals surface area contributed by atoms with E-state index in [1.54, 1.807) is 18.2 Å². The summed E-state index contributed by atoms with van der Waals surface area (Å²) in [6, 6.07) is 10.8. The van der Waals surface area contributed by atoms with Gasteiger partial charge < -0.3 is 16.8 Å². The second-order valence-electron chi connectivity index (χ2n) is 3.88. The molecule has 0 spiro atoms. The molecule has 0 saturated heterocycles. The first-order valence-corrected chi connectivity index (χ1v) is 6.98. The Labute approximate surface area is 127 Å². The number of primary amides is 1. The van der Waals surface area contributed by atoms with Crippen LogP contribution in [0.15, 0.2) is 45.3 Å². The molecule has 0 radical (unpaired) electrons. The van der Waals surface area contributed by atoms with E-state index < -0.39 is 5.91 Å². The number of nitrogen functional groups attached to an aromatic ring is 1. The molecule has 0 aliphatic carbocycles. The van der Waals surface area contributed by atoms with Gasteiger partial charge in [-0.2, -0.15) is 0 Å². The number of amides is 1. The van der Waals surface area contributed by atoms with Crippen LogP contribution < -0.4 is 16.8 Å². The minimum Gasteiger partial charge on any atom is -0.396 e. The second-order valence-corrected chi connectivity index (χ2v) is 5.65. The lowest BCUT2D eigenvalue weighted by molar-refractivity contribution is 0.100. The Kier molecular flexibility index (Phi) is 4.11. The average molecular weight is 385 g/mol. The van der Waals surface area contributed by atoms with E-state index in [9.17, 15) is 4.79 Å². The summed E-state index contributed by atoms with van der Waals surface area (Å²) in [5, 5.41) is 3.16. The molecule has 5 N–H and O–H groups in total. The maximum Gasteiger partial charge on any atom is 0.250 e. The Hall–Kier alpha value is -1.53. The van der Waals surface area contributed by atoms with Crippen LogP contribution in [-0.4, -0.2) is 5.91 Å². The maximum absolute atomic E-state index is 11.2. The highest BCUT2D eigenvalue weighted by atomic mass is 79.9. The molecular formula is C13H11Br2N3O. The fourth-order valence-electron chi connectivity index (χ4n) is 1.63. The molecular weight excluding hydrogens is 374 g/mol. The molecule has 0 heterocycles. The number of halogens is 2. The number of carbonyl (C=O) groups is 1. The topological polar surface area (TPSA) is 81.1 Å². The van der Waals surface area contributed by atoms with Crippen LogP contribution in [0.4, 0.5) is 17.1 Å². The molecule has 0 atom stereocenters. The fourth-order valence-corrected chi connectivity index (χ4v) is 2.77. The molecule has 0 aromatic heterocycles. The van der Waals surface area contributed by atoms with Crippen LogP contribution in [-0.2, 0) is 0 Å². The van der Waals surface area contributed by atoms with E-state index in [1.165, 1.54) is 0 Å². The monoisotopic (exact) mass is 383 g/mol. The fraction of sp³-hybridized carbons (Fsp3) is 0. The lowest BCUT2D eigenvalue weighted by atomic mass is 10.1. The van der Waals surface area contributed by atoms with Crippen molar-refractivity contribution in [2.24, 2.45) is 5.73 Å². The SMILES string of the molecule is NC(=O)c1cccc(Nc2ccc(Br)cc2Br)c1N. The molecule has 0 unspecified atom stereocenters. The Morgan fingerprint density at radius 1 is 1.11 bits per heavy atom. The molecule has 6 heteroatoms. The summed E-state index contributed by atoms with van der Waals surface area (Å²) in [6.07, 6.45) is 0. The first kappa shape index (κ1) is 13.9. The highest BCUT2D eigenvalue weighted by Crippen LogP contribution is 2.31. The van der Waals surface area contributed by atoms with E-state index in [4.69, 9.17) is 11.5 Å². The van der Waals surface area contributed by atoms with Crippen LogP contribution in [0.3, 0.4) is 0 Å². The van der Waals surface area contributed by atoms with Crippen LogP contribution in [0.2, 0.25) is 0 Å². The van der Waals surface area contributed by atoms with E-state index in [-0.39, 0.29) is 0 Å². The van der Waals surface area contributed by atoms with Gasteiger partial charge in [0.05, 0.1) is 22.6 Å². The normalized spacial score (nSPS) is 10.2. The number of anilines is 3. The molecule has 2 aromatic rings. The number of hydrogen-bond donors (Lipinski definition) is 3. The largest absolute Gasteiger partial charge is 0.396 e. The molecule has 0 saturated carbocycles. The molecule has 0 aliphatic rings. The smallest absolute Gasteiger partial charge is 0.250 e. The minimum atomic E-state index is -0.545. The van der Waals surface area contributed by atoms with Crippen molar-refractivity contribution in [1.29, 1.82) is 0 Å². The van der Waals surface area contributed by atoms with Crippen molar-refractivity contribution in [3.05, 3.63) is 50.9 Å². The van der Waals surface area contributed by atoms with Gasteiger partial charge in [0.1, 0.15) is 0 Å². The summed E-state index contributed by atoms with van der Waals surface area (Å²) in [5.74, 6) is -0.545. The van der Waals surface area contributed by atoms with Crippen molar-refractivity contribution < 1.29 is 4.79 Å². The van der Waals surface area contributed by atoms with E-state index in [0.717, 1.165) is 14.6 Å². The van der Waals surface area contributed by atoms with Crippen molar-refractivity contribution in [3.8, 4) is 0 Å². The van der Waals surface area contributed by atoms with Crippen LogP contribution in [0.5, 0.6) is 0 Å². The lowest BCUT2D eigenvalue weighted by Crippen LogP contribution is -2.14. The van der Waals surface area contributed by atoms with Gasteiger partial charge in [-0.15, -0.1) is 0 Å². The summed E-state index contributed by atoms with van der Waals surface area (Å²) in [7, 11) is 0. The minimum absolute atomic E-state index is 0.304. The van der Waals surface area contributed by atoms with E-state index in [1.807, 2.05) is 18.2 Å². The van der Waals surface area contributed by atoms with E-state index in [0.29, 0.717) is 16.9 Å². The van der Waals surface area contributed by atoms with Crippen LogP contribution in [0.25, 0.3) is 0 Å². The number of rotatable bonds is 3. The molecule has 0 fully saturated rings. The Bertz CT molecular complexity index is 644. The second kappa shape index (κ2) is 5.63. The van der Waals surface area contributed by atoms with Gasteiger partial charge in [-0.3, -0.25) is 4.79 Å². The van der Waals surface area contributed by atoms with Gasteiger partial charge in [-0.1, -0.05) is 22.0 Å². The molecule has 0 bridgehead atoms. The molecule has 98 valence electrons. The highest BCUT2D eigenvalue weighted by molar-refractivity contribution is 9.11. The first-order valence-electron chi connectivity index (χ1n) is 5.39. The number of benzene rings is 2. The zero-order valence-corrected chi connectivity index (χ0v) is 13.0. The van der Waals surface area contributed by atoms with Gasteiger partial charge in [0, 0.05) is 8.95 Å². The van der Waals surface area contributed by atoms with Gasteiger partial charge in [-0.05, 0) is 46.3 Å². The van der Waals surface area contributed by atoms with Crippen molar-refractivity contribution in [2.75, 3.05) is 11.1 Å². The Balaban J connectivity index is 2.38. The zero-order valence-electron chi connectivity index (χ0n) is 9.78. The van der Waals surface area contributed by atoms with Crippen molar-refractivity contribution in [3.63, 3.8) is 0 Å². The lowest BCUT2D eigenvalue weighted by Gasteiger charge is -2.13. The van der Waals surface area contributed by atoms with Gasteiger partial charge >= 0.3 is 0 Å².